The second-order valence-corrected chi connectivity index (χ2v) is 4.95. The monoisotopic (exact) mass is 247 g/mol. The van der Waals surface area contributed by atoms with Crippen LogP contribution in [-0.2, 0) is 0 Å². The first kappa shape index (κ1) is 10.6. The molecular weight excluding hydrogens is 234 g/mol. The Labute approximate surface area is 103 Å². The Balaban J connectivity index is 2.00. The minimum atomic E-state index is 0.296. The summed E-state index contributed by atoms with van der Waals surface area (Å²) in [7, 11) is 0. The third kappa shape index (κ3) is 2.12. The van der Waals surface area contributed by atoms with Crippen LogP contribution in [-0.4, -0.2) is 19.9 Å². The molecule has 0 atom stereocenters. The van der Waals surface area contributed by atoms with Gasteiger partial charge in [-0.1, -0.05) is 12.8 Å². The Kier molecular flexibility index (Phi) is 2.72. The molecule has 0 unspecified atom stereocenters. The van der Waals surface area contributed by atoms with Gasteiger partial charge in [0.15, 0.2) is 5.82 Å². The van der Waals surface area contributed by atoms with Crippen LogP contribution in [0.5, 0.6) is 0 Å². The van der Waals surface area contributed by atoms with Crippen molar-refractivity contribution in [3.05, 3.63) is 16.7 Å². The van der Waals surface area contributed by atoms with E-state index in [0.29, 0.717) is 17.7 Å². The Morgan fingerprint density at radius 3 is 2.71 bits per heavy atom. The highest BCUT2D eigenvalue weighted by atomic mass is 32.1. The van der Waals surface area contributed by atoms with Crippen molar-refractivity contribution in [3.8, 4) is 11.5 Å². The van der Waals surface area contributed by atoms with E-state index in [1.54, 1.807) is 5.51 Å². The van der Waals surface area contributed by atoms with Gasteiger partial charge in [0.1, 0.15) is 11.5 Å². The van der Waals surface area contributed by atoms with Gasteiger partial charge in [-0.3, -0.25) is 0 Å². The summed E-state index contributed by atoms with van der Waals surface area (Å²) in [5.41, 5.74) is 8.30. The number of anilines is 1. The first-order chi connectivity index (χ1) is 8.33. The van der Waals surface area contributed by atoms with Crippen molar-refractivity contribution < 1.29 is 0 Å². The van der Waals surface area contributed by atoms with E-state index < -0.39 is 0 Å². The number of hydrogen-bond donors (Lipinski definition) is 1. The minimum Gasteiger partial charge on any atom is -0.368 e. The van der Waals surface area contributed by atoms with Gasteiger partial charge in [-0.25, -0.2) is 9.97 Å². The lowest BCUT2D eigenvalue weighted by Crippen LogP contribution is -2.07. The number of aromatic nitrogens is 4. The first-order valence-electron chi connectivity index (χ1n) is 5.73. The van der Waals surface area contributed by atoms with Crippen molar-refractivity contribution >= 4 is 17.3 Å². The van der Waals surface area contributed by atoms with Crippen LogP contribution in [0.4, 0.5) is 5.95 Å². The van der Waals surface area contributed by atoms with Gasteiger partial charge in [-0.05, 0) is 12.8 Å². The average molecular weight is 247 g/mol. The van der Waals surface area contributed by atoms with E-state index in [1.165, 1.54) is 24.2 Å². The van der Waals surface area contributed by atoms with Crippen LogP contribution >= 0.6 is 11.3 Å². The van der Waals surface area contributed by atoms with Gasteiger partial charge >= 0.3 is 0 Å². The maximum atomic E-state index is 5.75. The molecule has 17 heavy (non-hydrogen) atoms. The maximum absolute atomic E-state index is 5.75. The van der Waals surface area contributed by atoms with Crippen molar-refractivity contribution in [1.82, 2.24) is 19.9 Å². The molecule has 1 saturated carbocycles. The second kappa shape index (κ2) is 4.37. The van der Waals surface area contributed by atoms with Gasteiger partial charge in [0.05, 0.1) is 5.51 Å². The van der Waals surface area contributed by atoms with E-state index in [4.69, 9.17) is 5.73 Å². The molecule has 88 valence electrons. The molecule has 2 aromatic rings. The number of nitrogen functional groups attached to an aromatic ring is 1. The minimum absolute atomic E-state index is 0.296. The van der Waals surface area contributed by atoms with Crippen LogP contribution in [0.25, 0.3) is 11.5 Å². The molecule has 5 nitrogen and oxygen atoms in total. The van der Waals surface area contributed by atoms with Crippen molar-refractivity contribution in [2.24, 2.45) is 0 Å². The number of thiazole rings is 1. The predicted octanol–water partition coefficient (Wildman–Crippen LogP) is 2.23. The number of nitrogens with two attached hydrogens (primary N) is 1. The third-order valence-corrected chi connectivity index (χ3v) is 3.64. The van der Waals surface area contributed by atoms with Gasteiger partial charge in [0.25, 0.3) is 0 Å². The van der Waals surface area contributed by atoms with Crippen LogP contribution < -0.4 is 5.73 Å². The summed E-state index contributed by atoms with van der Waals surface area (Å²) in [5, 5.41) is 1.92. The van der Waals surface area contributed by atoms with E-state index >= 15 is 0 Å². The lowest BCUT2D eigenvalue weighted by Gasteiger charge is -2.08. The Bertz CT molecular complexity index is 505. The zero-order valence-corrected chi connectivity index (χ0v) is 10.2. The van der Waals surface area contributed by atoms with Gasteiger partial charge in [0.2, 0.25) is 5.95 Å². The number of hydrogen-bond acceptors (Lipinski definition) is 6. The second-order valence-electron chi connectivity index (χ2n) is 4.23. The number of rotatable bonds is 2. The summed E-state index contributed by atoms with van der Waals surface area (Å²) in [6.45, 7) is 0. The van der Waals surface area contributed by atoms with E-state index in [-0.39, 0.29) is 0 Å². The van der Waals surface area contributed by atoms with Crippen molar-refractivity contribution in [2.45, 2.75) is 31.6 Å². The summed E-state index contributed by atoms with van der Waals surface area (Å²) in [5.74, 6) is 2.17. The smallest absolute Gasteiger partial charge is 0.223 e. The summed E-state index contributed by atoms with van der Waals surface area (Å²) in [6.07, 6.45) is 4.81. The molecule has 0 radical (unpaired) electrons. The molecule has 2 N–H and O–H groups in total. The van der Waals surface area contributed by atoms with E-state index in [9.17, 15) is 0 Å². The molecule has 0 saturated heterocycles. The van der Waals surface area contributed by atoms with E-state index in [0.717, 1.165) is 24.4 Å². The molecule has 0 spiro atoms. The normalized spacial score (nSPS) is 16.5. The van der Waals surface area contributed by atoms with Crippen molar-refractivity contribution in [1.29, 1.82) is 0 Å². The molecule has 0 bridgehead atoms. The fourth-order valence-electron chi connectivity index (χ4n) is 2.21. The van der Waals surface area contributed by atoms with Crippen LogP contribution in [0, 0.1) is 0 Å². The highest BCUT2D eigenvalue weighted by molar-refractivity contribution is 7.07. The van der Waals surface area contributed by atoms with Crippen LogP contribution in [0.15, 0.2) is 10.9 Å². The lowest BCUT2D eigenvalue weighted by atomic mass is 10.1. The third-order valence-electron chi connectivity index (χ3n) is 3.05. The molecule has 0 aromatic carbocycles. The summed E-state index contributed by atoms with van der Waals surface area (Å²) in [4.78, 5) is 17.1. The standard InChI is InChI=1S/C11H13N5S/c12-11-15-9(7-3-1-2-4-7)14-10(16-11)8-5-17-6-13-8/h5-7H,1-4H2,(H2,12,14,15,16). The average Bonchev–Trinajstić information content (AvgIpc) is 3.02. The molecule has 1 fully saturated rings. The largest absolute Gasteiger partial charge is 0.368 e. The molecule has 0 amide bonds. The first-order valence-corrected chi connectivity index (χ1v) is 6.67. The molecule has 0 aliphatic heterocycles. The zero-order valence-electron chi connectivity index (χ0n) is 9.33. The van der Waals surface area contributed by atoms with Gasteiger partial charge < -0.3 is 5.73 Å². The molecular formula is C11H13N5S. The fraction of sp³-hybridized carbons (Fsp3) is 0.455. The highest BCUT2D eigenvalue weighted by Crippen LogP contribution is 2.32. The topological polar surface area (TPSA) is 77.6 Å². The molecule has 3 rings (SSSR count). The zero-order chi connectivity index (χ0) is 11.7. The molecule has 1 aliphatic carbocycles. The van der Waals surface area contributed by atoms with Crippen LogP contribution in [0.2, 0.25) is 0 Å². The fourth-order valence-corrected chi connectivity index (χ4v) is 2.74. The Morgan fingerprint density at radius 1 is 1.18 bits per heavy atom. The Hall–Kier alpha value is -1.56. The maximum Gasteiger partial charge on any atom is 0.223 e. The lowest BCUT2D eigenvalue weighted by molar-refractivity contribution is 0.665. The predicted molar refractivity (Wildman–Crippen MR) is 66.6 cm³/mol. The SMILES string of the molecule is Nc1nc(-c2cscn2)nc(C2CCCC2)n1. The Morgan fingerprint density at radius 2 is 2.00 bits per heavy atom. The summed E-state index contributed by atoms with van der Waals surface area (Å²) in [6, 6.07) is 0. The van der Waals surface area contributed by atoms with Gasteiger partial charge in [-0.15, -0.1) is 11.3 Å². The van der Waals surface area contributed by atoms with Crippen LogP contribution in [0.3, 0.4) is 0 Å². The summed E-state index contributed by atoms with van der Waals surface area (Å²) < 4.78 is 0. The summed E-state index contributed by atoms with van der Waals surface area (Å²) >= 11 is 1.53. The molecule has 2 aromatic heterocycles. The molecule has 2 heterocycles. The number of nitrogens with zero attached hydrogens (tertiary/aromatic N) is 4. The van der Waals surface area contributed by atoms with E-state index in [2.05, 4.69) is 19.9 Å². The van der Waals surface area contributed by atoms with Crippen LogP contribution in [0.1, 0.15) is 37.4 Å². The van der Waals surface area contributed by atoms with Crippen molar-refractivity contribution in [2.75, 3.05) is 5.73 Å². The molecule has 6 heteroatoms. The molecule has 1 aliphatic rings. The van der Waals surface area contributed by atoms with Gasteiger partial charge in [-0.2, -0.15) is 9.97 Å². The quantitative estimate of drug-likeness (QED) is 0.880. The van der Waals surface area contributed by atoms with E-state index in [1.807, 2.05) is 5.38 Å². The van der Waals surface area contributed by atoms with Gasteiger partial charge in [0, 0.05) is 11.3 Å². The highest BCUT2D eigenvalue weighted by Gasteiger charge is 2.21. The van der Waals surface area contributed by atoms with Crippen molar-refractivity contribution in [3.63, 3.8) is 0 Å².